The number of fused-ring (bicyclic) bond motifs is 2. The molecule has 2 atom stereocenters. The van der Waals surface area contributed by atoms with Crippen molar-refractivity contribution in [1.82, 2.24) is 4.98 Å². The standard InChI is InChI=1S/C11H15.C8H6N.2ClH.Ti/c1-6-5-10-8(3)7(2)9(4)11(6)10;1-2-4-8-7(3-1)5-6-9-8;;;/h6H,5H2,1-4H3;1-5,9H;2*1H;/q;;;;+2/p-2. The Labute approximate surface area is 159 Å². The van der Waals surface area contributed by atoms with Gasteiger partial charge in [-0.25, -0.2) is 0 Å². The number of rotatable bonds is 2. The van der Waals surface area contributed by atoms with Gasteiger partial charge in [-0.3, -0.25) is 0 Å². The number of hydrogen-bond donors (Lipinski definition) is 1. The van der Waals surface area contributed by atoms with E-state index in [0.29, 0.717) is 3.72 Å². The topological polar surface area (TPSA) is 15.8 Å². The number of aromatic amines is 1. The zero-order valence-electron chi connectivity index (χ0n) is 13.9. The fourth-order valence-electron chi connectivity index (χ4n) is 4.28. The number of H-pyrrole nitrogens is 1. The van der Waals surface area contributed by atoms with Gasteiger partial charge in [-0.15, -0.1) is 0 Å². The third-order valence-corrected chi connectivity index (χ3v) is 9.04. The minimum absolute atomic E-state index is 0. The summed E-state index contributed by atoms with van der Waals surface area (Å²) in [4.78, 5) is 3.68. The molecule has 0 radical (unpaired) electrons. The Kier molecular flexibility index (Phi) is 5.29. The molecule has 1 aromatic heterocycles. The van der Waals surface area contributed by atoms with E-state index in [9.17, 15) is 0 Å². The Morgan fingerprint density at radius 3 is 2.39 bits per heavy atom. The van der Waals surface area contributed by atoms with E-state index in [4.69, 9.17) is 0 Å². The van der Waals surface area contributed by atoms with Gasteiger partial charge in [-0.1, -0.05) is 0 Å². The fourth-order valence-corrected chi connectivity index (χ4v) is 7.42. The van der Waals surface area contributed by atoms with Crippen LogP contribution < -0.4 is 28.8 Å². The Morgan fingerprint density at radius 2 is 1.78 bits per heavy atom. The molecule has 1 saturated carbocycles. The van der Waals surface area contributed by atoms with Gasteiger partial charge in [0.2, 0.25) is 0 Å². The van der Waals surface area contributed by atoms with E-state index in [0.717, 1.165) is 5.92 Å². The molecule has 2 unspecified atom stereocenters. The Morgan fingerprint density at radius 1 is 1.09 bits per heavy atom. The summed E-state index contributed by atoms with van der Waals surface area (Å²) < 4.78 is 1.93. The summed E-state index contributed by atoms with van der Waals surface area (Å²) in [5.41, 5.74) is 7.86. The summed E-state index contributed by atoms with van der Waals surface area (Å²) in [7, 11) is 0. The van der Waals surface area contributed by atoms with Gasteiger partial charge < -0.3 is 24.8 Å². The predicted molar refractivity (Wildman–Crippen MR) is 85.5 cm³/mol. The van der Waals surface area contributed by atoms with Crippen LogP contribution in [-0.4, -0.2) is 4.98 Å². The average Bonchev–Trinajstić information content (AvgIpc) is 2.94. The Balaban J connectivity index is 0.000000960. The molecule has 0 saturated heterocycles. The summed E-state index contributed by atoms with van der Waals surface area (Å²) in [5, 5.41) is 1.36. The Bertz CT molecular complexity index is 765. The van der Waals surface area contributed by atoms with Crippen LogP contribution in [-0.2, 0) is 19.2 Å². The summed E-state index contributed by atoms with van der Waals surface area (Å²) in [6, 6.07) is 11.0. The Hall–Kier alpha value is -0.466. The maximum absolute atomic E-state index is 3.68. The van der Waals surface area contributed by atoms with Crippen molar-refractivity contribution in [2.45, 2.75) is 37.8 Å². The first-order valence-electron chi connectivity index (χ1n) is 7.78. The van der Waals surface area contributed by atoms with Crippen molar-refractivity contribution in [3.05, 3.63) is 52.6 Å². The molecule has 120 valence electrons. The molecule has 2 aliphatic carbocycles. The number of halogens is 2. The van der Waals surface area contributed by atoms with Crippen LogP contribution in [0.1, 0.15) is 34.1 Å². The van der Waals surface area contributed by atoms with Crippen LogP contribution in [0.4, 0.5) is 0 Å². The van der Waals surface area contributed by atoms with Crippen LogP contribution in [0.15, 0.2) is 52.6 Å². The minimum Gasteiger partial charge on any atom is -1.00 e. The van der Waals surface area contributed by atoms with Crippen molar-refractivity contribution in [3.63, 3.8) is 0 Å². The van der Waals surface area contributed by atoms with Crippen molar-refractivity contribution in [2.24, 2.45) is 5.92 Å². The van der Waals surface area contributed by atoms with Crippen LogP contribution >= 0.6 is 0 Å². The number of hydrogen-bond acceptors (Lipinski definition) is 0. The molecule has 0 aliphatic heterocycles. The molecule has 2 aliphatic rings. The molecule has 0 bridgehead atoms. The molecule has 1 N–H and O–H groups in total. The normalized spacial score (nSPS) is 25.5. The SMILES string of the molecule is CC1=C(C)[C]2([Ti+2][c]3cc4ccccc4[nH]3)C(=C1C)CC2C.[Cl-].[Cl-]. The van der Waals surface area contributed by atoms with Gasteiger partial charge in [0.05, 0.1) is 0 Å². The van der Waals surface area contributed by atoms with Gasteiger partial charge in [0.25, 0.3) is 0 Å². The van der Waals surface area contributed by atoms with Crippen LogP contribution in [0, 0.1) is 5.92 Å². The molecular weight excluding hydrogens is 361 g/mol. The molecule has 1 fully saturated rings. The number of allylic oxidation sites excluding steroid dienone is 4. The van der Waals surface area contributed by atoms with E-state index in [2.05, 4.69) is 63.0 Å². The predicted octanol–water partition coefficient (Wildman–Crippen LogP) is -1.25. The molecule has 1 aromatic carbocycles. The summed E-state index contributed by atoms with van der Waals surface area (Å²) in [5.74, 6) is 0.811. The van der Waals surface area contributed by atoms with Crippen molar-refractivity contribution in [2.75, 3.05) is 0 Å². The van der Waals surface area contributed by atoms with Crippen molar-refractivity contribution >= 4 is 14.9 Å². The molecule has 1 heterocycles. The molecular formula is C19H21Cl2NTi. The molecule has 4 heteroatoms. The van der Waals surface area contributed by atoms with E-state index in [1.807, 2.05) is 0 Å². The quantitative estimate of drug-likeness (QED) is 0.625. The number of para-hydroxylation sites is 1. The van der Waals surface area contributed by atoms with Gasteiger partial charge in [-0.2, -0.15) is 0 Å². The van der Waals surface area contributed by atoms with E-state index >= 15 is 0 Å². The fraction of sp³-hybridized carbons (Fsp3) is 0.368. The minimum atomic E-state index is -0.231. The van der Waals surface area contributed by atoms with Gasteiger partial charge in [0.1, 0.15) is 0 Å². The summed E-state index contributed by atoms with van der Waals surface area (Å²) in [6.07, 6.45) is 1.31. The van der Waals surface area contributed by atoms with Gasteiger partial charge in [-0.05, 0) is 0 Å². The third-order valence-electron chi connectivity index (χ3n) is 5.76. The number of aromatic nitrogens is 1. The van der Waals surface area contributed by atoms with E-state index in [-0.39, 0.29) is 44.0 Å². The third kappa shape index (κ3) is 2.48. The molecule has 0 spiro atoms. The first kappa shape index (κ1) is 18.9. The van der Waals surface area contributed by atoms with Crippen molar-refractivity contribution in [1.29, 1.82) is 0 Å². The van der Waals surface area contributed by atoms with E-state index in [1.54, 1.807) is 22.3 Å². The first-order valence-corrected chi connectivity index (χ1v) is 9.34. The second-order valence-electron chi connectivity index (χ2n) is 6.66. The van der Waals surface area contributed by atoms with Crippen LogP contribution in [0.5, 0.6) is 0 Å². The molecule has 0 amide bonds. The summed E-state index contributed by atoms with van der Waals surface area (Å²) in [6.45, 7) is 9.49. The second kappa shape index (κ2) is 6.45. The van der Waals surface area contributed by atoms with Gasteiger partial charge in [0.15, 0.2) is 0 Å². The van der Waals surface area contributed by atoms with Gasteiger partial charge in [0, 0.05) is 0 Å². The zero-order chi connectivity index (χ0) is 14.8. The maximum atomic E-state index is 3.68. The monoisotopic (exact) mass is 381 g/mol. The number of nitrogens with one attached hydrogen (secondary N) is 1. The first-order chi connectivity index (χ1) is 10.0. The number of benzene rings is 1. The summed E-state index contributed by atoms with van der Waals surface area (Å²) >= 11 is -0.231. The van der Waals surface area contributed by atoms with E-state index in [1.165, 1.54) is 21.3 Å². The van der Waals surface area contributed by atoms with Crippen LogP contribution in [0.2, 0.25) is 3.72 Å². The molecule has 1 nitrogen and oxygen atoms in total. The smallest absolute Gasteiger partial charge is 1.00 e. The van der Waals surface area contributed by atoms with Crippen LogP contribution in [0.25, 0.3) is 10.9 Å². The van der Waals surface area contributed by atoms with E-state index < -0.39 is 0 Å². The van der Waals surface area contributed by atoms with Gasteiger partial charge >= 0.3 is 135 Å². The molecule has 23 heavy (non-hydrogen) atoms. The van der Waals surface area contributed by atoms with Crippen molar-refractivity contribution < 1.29 is 44.0 Å². The second-order valence-corrected chi connectivity index (χ2v) is 9.13. The van der Waals surface area contributed by atoms with Crippen molar-refractivity contribution in [3.8, 4) is 0 Å². The maximum Gasteiger partial charge on any atom is -1.00 e. The molecule has 4 rings (SSSR count). The molecule has 2 aromatic rings. The van der Waals surface area contributed by atoms with Crippen LogP contribution in [0.3, 0.4) is 0 Å². The average molecular weight is 382 g/mol. The zero-order valence-corrected chi connectivity index (χ0v) is 17.0. The largest absolute Gasteiger partial charge is 1.00 e.